The summed E-state index contributed by atoms with van der Waals surface area (Å²) in [6.07, 6.45) is 0. The van der Waals surface area contributed by atoms with Gasteiger partial charge in [0.05, 0.1) is 0 Å². The van der Waals surface area contributed by atoms with Gasteiger partial charge in [-0.2, -0.15) is 0 Å². The molecule has 0 saturated heterocycles. The standard InChI is InChI=1S/C13H9Cl2NO/c14-11-5-1-9(2-6-11)13(16-17)10-3-7-12(15)8-4-10/h1-8,17H. The van der Waals surface area contributed by atoms with E-state index in [2.05, 4.69) is 5.16 Å². The first-order valence-corrected chi connectivity index (χ1v) is 5.70. The molecule has 2 aromatic carbocycles. The third kappa shape index (κ3) is 2.78. The van der Waals surface area contributed by atoms with Crippen LogP contribution in [0.5, 0.6) is 0 Å². The minimum Gasteiger partial charge on any atom is -0.410 e. The molecule has 0 aliphatic heterocycles. The lowest BCUT2D eigenvalue weighted by atomic mass is 10.0. The van der Waals surface area contributed by atoms with Crippen LogP contribution < -0.4 is 0 Å². The zero-order valence-electron chi connectivity index (χ0n) is 8.77. The van der Waals surface area contributed by atoms with E-state index in [1.165, 1.54) is 0 Å². The summed E-state index contributed by atoms with van der Waals surface area (Å²) in [6.45, 7) is 0. The van der Waals surface area contributed by atoms with Crippen molar-refractivity contribution in [3.8, 4) is 0 Å². The third-order valence-electron chi connectivity index (χ3n) is 2.34. The zero-order valence-corrected chi connectivity index (χ0v) is 10.3. The van der Waals surface area contributed by atoms with Gasteiger partial charge in [-0.25, -0.2) is 0 Å². The monoisotopic (exact) mass is 265 g/mol. The van der Waals surface area contributed by atoms with Gasteiger partial charge in [-0.3, -0.25) is 0 Å². The SMILES string of the molecule is ON=C(c1ccc(Cl)cc1)c1ccc(Cl)cc1. The van der Waals surface area contributed by atoms with Crippen LogP contribution in [-0.2, 0) is 0 Å². The highest BCUT2D eigenvalue weighted by Gasteiger charge is 2.07. The normalized spacial score (nSPS) is 10.0. The fourth-order valence-electron chi connectivity index (χ4n) is 1.50. The molecular formula is C13H9Cl2NO. The van der Waals surface area contributed by atoms with E-state index in [0.717, 1.165) is 11.1 Å². The lowest BCUT2D eigenvalue weighted by molar-refractivity contribution is 0.319. The lowest BCUT2D eigenvalue weighted by Gasteiger charge is -2.05. The molecule has 0 aromatic heterocycles. The van der Waals surface area contributed by atoms with Crippen LogP contribution in [0.1, 0.15) is 11.1 Å². The first-order valence-electron chi connectivity index (χ1n) is 4.94. The van der Waals surface area contributed by atoms with Crippen LogP contribution in [0.2, 0.25) is 10.0 Å². The minimum absolute atomic E-state index is 0.485. The Labute approximate surface area is 109 Å². The van der Waals surface area contributed by atoms with Crippen LogP contribution >= 0.6 is 23.2 Å². The van der Waals surface area contributed by atoms with Gasteiger partial charge in [0.1, 0.15) is 5.71 Å². The molecule has 86 valence electrons. The first-order chi connectivity index (χ1) is 8.20. The van der Waals surface area contributed by atoms with Crippen LogP contribution in [-0.4, -0.2) is 10.9 Å². The van der Waals surface area contributed by atoms with Crippen molar-refractivity contribution in [2.24, 2.45) is 5.16 Å². The second kappa shape index (κ2) is 5.21. The van der Waals surface area contributed by atoms with Crippen molar-refractivity contribution in [2.75, 3.05) is 0 Å². The molecule has 4 heteroatoms. The van der Waals surface area contributed by atoms with Crippen molar-refractivity contribution in [1.82, 2.24) is 0 Å². The summed E-state index contributed by atoms with van der Waals surface area (Å²) >= 11 is 11.6. The van der Waals surface area contributed by atoms with Gasteiger partial charge in [-0.15, -0.1) is 0 Å². The molecule has 0 unspecified atom stereocenters. The summed E-state index contributed by atoms with van der Waals surface area (Å²) in [5.74, 6) is 0. The van der Waals surface area contributed by atoms with Crippen LogP contribution in [0, 0.1) is 0 Å². The van der Waals surface area contributed by atoms with E-state index in [1.54, 1.807) is 48.5 Å². The molecule has 0 heterocycles. The molecule has 0 fully saturated rings. The van der Waals surface area contributed by atoms with Crippen molar-refractivity contribution in [3.05, 3.63) is 69.7 Å². The van der Waals surface area contributed by atoms with Crippen molar-refractivity contribution in [3.63, 3.8) is 0 Å². The van der Waals surface area contributed by atoms with E-state index >= 15 is 0 Å². The van der Waals surface area contributed by atoms with Crippen LogP contribution in [0.4, 0.5) is 0 Å². The van der Waals surface area contributed by atoms with E-state index in [9.17, 15) is 0 Å². The van der Waals surface area contributed by atoms with Gasteiger partial charge in [-0.1, -0.05) is 52.6 Å². The number of halogens is 2. The average molecular weight is 266 g/mol. The van der Waals surface area contributed by atoms with Gasteiger partial charge in [-0.05, 0) is 24.3 Å². The third-order valence-corrected chi connectivity index (χ3v) is 2.84. The molecule has 0 aliphatic rings. The van der Waals surface area contributed by atoms with E-state index in [1.807, 2.05) is 0 Å². The summed E-state index contributed by atoms with van der Waals surface area (Å²) in [6, 6.07) is 14.2. The van der Waals surface area contributed by atoms with Gasteiger partial charge in [0, 0.05) is 21.2 Å². The Balaban J connectivity index is 2.41. The van der Waals surface area contributed by atoms with E-state index in [0.29, 0.717) is 15.8 Å². The molecule has 0 aliphatic carbocycles. The molecule has 2 aromatic rings. The van der Waals surface area contributed by atoms with E-state index in [4.69, 9.17) is 28.4 Å². The highest BCUT2D eigenvalue weighted by Crippen LogP contribution is 2.16. The van der Waals surface area contributed by atoms with E-state index in [-0.39, 0.29) is 0 Å². The summed E-state index contributed by atoms with van der Waals surface area (Å²) in [5, 5.41) is 13.7. The number of hydrogen-bond acceptors (Lipinski definition) is 2. The number of benzene rings is 2. The van der Waals surface area contributed by atoms with Gasteiger partial charge >= 0.3 is 0 Å². The summed E-state index contributed by atoms with van der Waals surface area (Å²) < 4.78 is 0. The second-order valence-corrected chi connectivity index (χ2v) is 4.34. The fraction of sp³-hybridized carbons (Fsp3) is 0. The number of rotatable bonds is 2. The molecule has 1 N–H and O–H groups in total. The highest BCUT2D eigenvalue weighted by atomic mass is 35.5. The first kappa shape index (κ1) is 12.0. The van der Waals surface area contributed by atoms with Crippen LogP contribution in [0.25, 0.3) is 0 Å². The molecule has 0 atom stereocenters. The largest absolute Gasteiger partial charge is 0.410 e. The molecule has 0 amide bonds. The second-order valence-electron chi connectivity index (χ2n) is 3.46. The average Bonchev–Trinajstić information content (AvgIpc) is 2.35. The quantitative estimate of drug-likeness (QED) is 0.492. The maximum Gasteiger partial charge on any atom is 0.117 e. The van der Waals surface area contributed by atoms with Crippen molar-refractivity contribution < 1.29 is 5.21 Å². The topological polar surface area (TPSA) is 32.6 Å². The number of nitrogens with zero attached hydrogens (tertiary/aromatic N) is 1. The Kier molecular flexibility index (Phi) is 3.67. The maximum absolute atomic E-state index is 9.09. The molecule has 0 saturated carbocycles. The predicted molar refractivity (Wildman–Crippen MR) is 70.3 cm³/mol. The summed E-state index contributed by atoms with van der Waals surface area (Å²) in [5.41, 5.74) is 2.07. The fourth-order valence-corrected chi connectivity index (χ4v) is 1.75. The van der Waals surface area contributed by atoms with E-state index < -0.39 is 0 Å². The highest BCUT2D eigenvalue weighted by molar-refractivity contribution is 6.31. The molecule has 2 nitrogen and oxygen atoms in total. The molecule has 0 radical (unpaired) electrons. The smallest absolute Gasteiger partial charge is 0.117 e. The molecule has 17 heavy (non-hydrogen) atoms. The van der Waals surface area contributed by atoms with Gasteiger partial charge in [0.15, 0.2) is 0 Å². The van der Waals surface area contributed by atoms with Gasteiger partial charge in [0.2, 0.25) is 0 Å². The van der Waals surface area contributed by atoms with Gasteiger partial charge < -0.3 is 5.21 Å². The molecule has 2 rings (SSSR count). The van der Waals surface area contributed by atoms with Crippen molar-refractivity contribution >= 4 is 28.9 Å². The Bertz CT molecular complexity index is 485. The molecule has 0 bridgehead atoms. The lowest BCUT2D eigenvalue weighted by Crippen LogP contribution is -2.02. The predicted octanol–water partition coefficient (Wildman–Crippen LogP) is 4.22. The Morgan fingerprint density at radius 1 is 0.765 bits per heavy atom. The summed E-state index contributed by atoms with van der Waals surface area (Å²) in [4.78, 5) is 0. The molecule has 0 spiro atoms. The Morgan fingerprint density at radius 3 is 1.41 bits per heavy atom. The molecular weight excluding hydrogens is 257 g/mol. The minimum atomic E-state index is 0.485. The zero-order chi connectivity index (χ0) is 12.3. The Hall–Kier alpha value is -1.51. The van der Waals surface area contributed by atoms with Crippen LogP contribution in [0.3, 0.4) is 0 Å². The van der Waals surface area contributed by atoms with Crippen LogP contribution in [0.15, 0.2) is 53.7 Å². The van der Waals surface area contributed by atoms with Gasteiger partial charge in [0.25, 0.3) is 0 Å². The van der Waals surface area contributed by atoms with Crippen molar-refractivity contribution in [2.45, 2.75) is 0 Å². The Morgan fingerprint density at radius 2 is 1.12 bits per heavy atom. The maximum atomic E-state index is 9.09. The number of oxime groups is 1. The van der Waals surface area contributed by atoms with Crippen molar-refractivity contribution in [1.29, 1.82) is 0 Å². The number of hydrogen-bond donors (Lipinski definition) is 1. The summed E-state index contributed by atoms with van der Waals surface area (Å²) in [7, 11) is 0.